The maximum atomic E-state index is 8.25. The average Bonchev–Trinajstić information content (AvgIpc) is 2.52. The van der Waals surface area contributed by atoms with E-state index in [0.717, 1.165) is 4.88 Å². The Morgan fingerprint density at radius 2 is 2.73 bits per heavy atom. The summed E-state index contributed by atoms with van der Waals surface area (Å²) in [5.74, 6) is 0.0124. The first kappa shape index (κ1) is 7.96. The van der Waals surface area contributed by atoms with Gasteiger partial charge in [0.15, 0.2) is 0 Å². The highest BCUT2D eigenvalue weighted by molar-refractivity contribution is 7.09. The number of nitrogens with two attached hydrogens (primary N) is 1. The van der Waals surface area contributed by atoms with Crippen LogP contribution in [0.15, 0.2) is 16.7 Å². The van der Waals surface area contributed by atoms with Crippen LogP contribution in [0.5, 0.6) is 0 Å². The van der Waals surface area contributed by atoms with Crippen molar-refractivity contribution in [2.45, 2.75) is 6.54 Å². The molecule has 1 aromatic rings. The molecular weight excluding hydrogens is 164 g/mol. The first-order valence-corrected chi connectivity index (χ1v) is 3.78. The predicted molar refractivity (Wildman–Crippen MR) is 42.4 cm³/mol. The van der Waals surface area contributed by atoms with Crippen molar-refractivity contribution in [3.8, 4) is 0 Å². The lowest BCUT2D eigenvalue weighted by Crippen LogP contribution is -2.28. The maximum absolute atomic E-state index is 8.25. The standard InChI is InChI=1S/C5H8N4OS/c6-5(9-10)8-2-4-1-7-3-11-4/h1,3,10H,2H2,(H3,6,8,9). The second-order valence-electron chi connectivity index (χ2n) is 1.78. The van der Waals surface area contributed by atoms with Crippen LogP contribution in [0.2, 0.25) is 0 Å². The molecule has 0 saturated carbocycles. The molecule has 0 radical (unpaired) electrons. The number of rotatable bonds is 2. The summed E-state index contributed by atoms with van der Waals surface area (Å²) in [6, 6.07) is 0. The van der Waals surface area contributed by atoms with E-state index < -0.39 is 0 Å². The minimum absolute atomic E-state index is 0.0124. The zero-order valence-electron chi connectivity index (χ0n) is 5.69. The monoisotopic (exact) mass is 172 g/mol. The maximum Gasteiger partial charge on any atom is 0.213 e. The number of hydrogen-bond donors (Lipinski definition) is 3. The molecule has 0 bridgehead atoms. The molecule has 4 N–H and O–H groups in total. The smallest absolute Gasteiger partial charge is 0.213 e. The van der Waals surface area contributed by atoms with Crippen LogP contribution in [-0.2, 0) is 6.54 Å². The molecule has 5 nitrogen and oxygen atoms in total. The summed E-state index contributed by atoms with van der Waals surface area (Å²) in [5, 5.41) is 8.25. The quantitative estimate of drug-likeness (QED) is 0.331. The van der Waals surface area contributed by atoms with Gasteiger partial charge < -0.3 is 5.73 Å². The summed E-state index contributed by atoms with van der Waals surface area (Å²) in [6.45, 7) is 0.448. The number of aromatic nitrogens is 1. The number of hydrogen-bond acceptors (Lipinski definition) is 4. The fourth-order valence-electron chi connectivity index (χ4n) is 0.519. The first-order valence-electron chi connectivity index (χ1n) is 2.90. The molecule has 0 unspecified atom stereocenters. The van der Waals surface area contributed by atoms with E-state index in [1.807, 2.05) is 0 Å². The molecular formula is C5H8N4OS. The van der Waals surface area contributed by atoms with E-state index in [-0.39, 0.29) is 5.96 Å². The van der Waals surface area contributed by atoms with Crippen LogP contribution in [0.1, 0.15) is 4.88 Å². The Labute approximate surface area is 67.6 Å². The van der Waals surface area contributed by atoms with Gasteiger partial charge in [-0.05, 0) is 0 Å². The fourth-order valence-corrected chi connectivity index (χ4v) is 1.04. The van der Waals surface area contributed by atoms with Crippen molar-refractivity contribution < 1.29 is 5.21 Å². The zero-order chi connectivity index (χ0) is 8.10. The van der Waals surface area contributed by atoms with Crippen LogP contribution >= 0.6 is 11.3 Å². The summed E-state index contributed by atoms with van der Waals surface area (Å²) < 4.78 is 0. The fraction of sp³-hybridized carbons (Fsp3) is 0.200. The SMILES string of the molecule is NC(=NCc1cncs1)NO. The third kappa shape index (κ3) is 2.52. The van der Waals surface area contributed by atoms with Crippen molar-refractivity contribution >= 4 is 17.3 Å². The number of nitrogens with zero attached hydrogens (tertiary/aromatic N) is 2. The Morgan fingerprint density at radius 1 is 1.91 bits per heavy atom. The lowest BCUT2D eigenvalue weighted by Gasteiger charge is -1.94. The highest BCUT2D eigenvalue weighted by Crippen LogP contribution is 2.05. The van der Waals surface area contributed by atoms with Crippen molar-refractivity contribution in [1.82, 2.24) is 10.5 Å². The summed E-state index contributed by atoms with van der Waals surface area (Å²) >= 11 is 1.49. The van der Waals surface area contributed by atoms with Crippen LogP contribution in [0, 0.1) is 0 Å². The van der Waals surface area contributed by atoms with Crippen molar-refractivity contribution in [3.05, 3.63) is 16.6 Å². The summed E-state index contributed by atoms with van der Waals surface area (Å²) in [4.78, 5) is 8.64. The van der Waals surface area contributed by atoms with Gasteiger partial charge in [0.2, 0.25) is 5.96 Å². The van der Waals surface area contributed by atoms with E-state index in [4.69, 9.17) is 10.9 Å². The Bertz CT molecular complexity index is 233. The van der Waals surface area contributed by atoms with Gasteiger partial charge in [-0.3, -0.25) is 10.2 Å². The number of aliphatic imine (C=N–C) groups is 1. The van der Waals surface area contributed by atoms with E-state index >= 15 is 0 Å². The van der Waals surface area contributed by atoms with Crippen LogP contribution in [0.4, 0.5) is 0 Å². The van der Waals surface area contributed by atoms with Crippen molar-refractivity contribution in [2.24, 2.45) is 10.7 Å². The molecule has 1 aromatic heterocycles. The molecule has 1 heterocycles. The molecule has 60 valence electrons. The molecule has 11 heavy (non-hydrogen) atoms. The summed E-state index contributed by atoms with van der Waals surface area (Å²) in [6.07, 6.45) is 1.71. The Kier molecular flexibility index (Phi) is 2.82. The third-order valence-electron chi connectivity index (χ3n) is 1.00. The summed E-state index contributed by atoms with van der Waals surface area (Å²) in [5.41, 5.74) is 8.62. The minimum atomic E-state index is 0.0124. The Morgan fingerprint density at radius 3 is 3.27 bits per heavy atom. The van der Waals surface area contributed by atoms with Crippen LogP contribution in [-0.4, -0.2) is 16.2 Å². The molecule has 0 amide bonds. The normalized spacial score (nSPS) is 11.5. The highest BCUT2D eigenvalue weighted by atomic mass is 32.1. The lowest BCUT2D eigenvalue weighted by molar-refractivity contribution is 0.232. The van der Waals surface area contributed by atoms with Gasteiger partial charge in [-0.1, -0.05) is 0 Å². The average molecular weight is 172 g/mol. The molecule has 0 saturated heterocycles. The Hall–Kier alpha value is -1.14. The van der Waals surface area contributed by atoms with Crippen molar-refractivity contribution in [1.29, 1.82) is 0 Å². The molecule has 0 fully saturated rings. The van der Waals surface area contributed by atoms with Gasteiger partial charge in [0.05, 0.1) is 12.1 Å². The molecule has 6 heteroatoms. The molecule has 0 aromatic carbocycles. The van der Waals surface area contributed by atoms with Gasteiger partial charge >= 0.3 is 0 Å². The van der Waals surface area contributed by atoms with Crippen LogP contribution < -0.4 is 11.2 Å². The van der Waals surface area contributed by atoms with E-state index in [1.54, 1.807) is 17.2 Å². The van der Waals surface area contributed by atoms with Gasteiger partial charge in [-0.25, -0.2) is 10.5 Å². The van der Waals surface area contributed by atoms with E-state index in [2.05, 4.69) is 9.98 Å². The molecule has 0 aliphatic rings. The number of thiazole rings is 1. The second-order valence-corrected chi connectivity index (χ2v) is 2.75. The summed E-state index contributed by atoms with van der Waals surface area (Å²) in [7, 11) is 0. The van der Waals surface area contributed by atoms with Crippen LogP contribution in [0.25, 0.3) is 0 Å². The lowest BCUT2D eigenvalue weighted by atomic mass is 10.6. The predicted octanol–water partition coefficient (Wildman–Crippen LogP) is -0.0634. The number of nitrogens with one attached hydrogen (secondary N) is 1. The van der Waals surface area contributed by atoms with E-state index in [9.17, 15) is 0 Å². The van der Waals surface area contributed by atoms with Gasteiger partial charge in [0, 0.05) is 11.1 Å². The van der Waals surface area contributed by atoms with Gasteiger partial charge in [-0.15, -0.1) is 11.3 Å². The molecule has 1 rings (SSSR count). The van der Waals surface area contributed by atoms with E-state index in [0.29, 0.717) is 6.54 Å². The molecule has 0 aliphatic heterocycles. The minimum Gasteiger partial charge on any atom is -0.368 e. The van der Waals surface area contributed by atoms with Gasteiger partial charge in [-0.2, -0.15) is 0 Å². The Balaban J connectivity index is 2.45. The number of hydroxylamine groups is 1. The van der Waals surface area contributed by atoms with Crippen molar-refractivity contribution in [2.75, 3.05) is 0 Å². The molecule has 0 spiro atoms. The van der Waals surface area contributed by atoms with Gasteiger partial charge in [0.1, 0.15) is 0 Å². The molecule has 0 atom stereocenters. The highest BCUT2D eigenvalue weighted by Gasteiger charge is 1.91. The van der Waals surface area contributed by atoms with Crippen molar-refractivity contribution in [3.63, 3.8) is 0 Å². The largest absolute Gasteiger partial charge is 0.368 e. The number of guanidine groups is 1. The van der Waals surface area contributed by atoms with E-state index in [1.165, 1.54) is 11.3 Å². The first-order chi connectivity index (χ1) is 5.33. The third-order valence-corrected chi connectivity index (χ3v) is 1.77. The molecule has 0 aliphatic carbocycles. The second kappa shape index (κ2) is 3.89. The zero-order valence-corrected chi connectivity index (χ0v) is 6.51. The van der Waals surface area contributed by atoms with Gasteiger partial charge in [0.25, 0.3) is 0 Å². The topological polar surface area (TPSA) is 83.5 Å². The van der Waals surface area contributed by atoms with Crippen LogP contribution in [0.3, 0.4) is 0 Å².